The summed E-state index contributed by atoms with van der Waals surface area (Å²) < 4.78 is 58.7. The maximum atomic E-state index is 12.4. The minimum atomic E-state index is -1.84. The smallest absolute Gasteiger partial charge is 0.303 e. The third kappa shape index (κ3) is 11.4. The van der Waals surface area contributed by atoms with Crippen molar-refractivity contribution in [3.63, 3.8) is 0 Å². The van der Waals surface area contributed by atoms with Gasteiger partial charge in [-0.05, 0) is 80.6 Å². The van der Waals surface area contributed by atoms with E-state index in [4.69, 9.17) is 47.4 Å². The minimum absolute atomic E-state index is 0.283. The molecule has 2 saturated heterocycles. The Bertz CT molecular complexity index is 1960. The van der Waals surface area contributed by atoms with Crippen LogP contribution >= 0.6 is 0 Å². The standard InChI is InChI=1S/C44H56O16/c1-13-34-25(4)39(53-28(7)47)43(11,59-30(9)49)41(55-34)56-35-18-16-32(20-23(35)2)14-15-33-17-19-36(24(3)21-33)57-42-44(12,60-31(10)50)40(54-29(8)48)38(52-27(6)46)37(58-42)22-51-26(5)45/h14-21,25,34,37-42H,13,22H2,1-12H3/b15-14+/t25-,34-,37-,38-,39+,40+,41-,42+,43+,44+/m1/s1. The summed E-state index contributed by atoms with van der Waals surface area (Å²) in [7, 11) is 0. The SMILES string of the molecule is CC[C@H]1O[C@H](Oc2ccc(/C=C/c3ccc(O[C@H]4O[C@H](COC(C)=O)[C@@H](OC(C)=O)[C@H](OC(C)=O)[C@]4(C)OC(C)=O)c(C)c3)cc2C)[C@@](C)(OC(C)=O)[C@@H](OC(C)=O)[C@@H]1C. The highest BCUT2D eigenvalue weighted by atomic mass is 16.7. The molecule has 0 bridgehead atoms. The number of esters is 6. The number of carbonyl (C=O) groups excluding carboxylic acids is 6. The molecule has 2 aliphatic heterocycles. The van der Waals surface area contributed by atoms with Gasteiger partial charge in [0.2, 0.25) is 23.8 Å². The van der Waals surface area contributed by atoms with Crippen LogP contribution < -0.4 is 9.47 Å². The first-order valence-corrected chi connectivity index (χ1v) is 19.7. The first kappa shape index (κ1) is 47.2. The third-order valence-electron chi connectivity index (χ3n) is 10.2. The van der Waals surface area contributed by atoms with E-state index < -0.39 is 90.6 Å². The van der Waals surface area contributed by atoms with Crippen molar-refractivity contribution in [2.24, 2.45) is 5.92 Å². The van der Waals surface area contributed by atoms with E-state index in [1.807, 2.05) is 51.1 Å². The number of benzene rings is 2. The second kappa shape index (κ2) is 19.7. The molecule has 16 nitrogen and oxygen atoms in total. The van der Waals surface area contributed by atoms with Crippen molar-refractivity contribution < 1.29 is 76.1 Å². The highest BCUT2D eigenvalue weighted by Gasteiger charge is 2.62. The van der Waals surface area contributed by atoms with Crippen molar-refractivity contribution >= 4 is 48.0 Å². The molecule has 0 aromatic heterocycles. The highest BCUT2D eigenvalue weighted by molar-refractivity contribution is 5.72. The zero-order valence-electron chi connectivity index (χ0n) is 36.2. The topological polar surface area (TPSA) is 195 Å². The molecule has 328 valence electrons. The molecular weight excluding hydrogens is 784 g/mol. The lowest BCUT2D eigenvalue weighted by atomic mass is 9.81. The molecule has 2 aliphatic rings. The second-order valence-electron chi connectivity index (χ2n) is 15.4. The number of hydrogen-bond donors (Lipinski definition) is 0. The van der Waals surface area contributed by atoms with Crippen LogP contribution in [-0.4, -0.2) is 96.7 Å². The Labute approximate surface area is 350 Å². The number of hydrogen-bond acceptors (Lipinski definition) is 16. The summed E-state index contributed by atoms with van der Waals surface area (Å²) in [6, 6.07) is 10.9. The van der Waals surface area contributed by atoms with Crippen molar-refractivity contribution in [1.29, 1.82) is 0 Å². The zero-order valence-corrected chi connectivity index (χ0v) is 36.2. The van der Waals surface area contributed by atoms with E-state index in [1.54, 1.807) is 32.0 Å². The third-order valence-corrected chi connectivity index (χ3v) is 10.2. The van der Waals surface area contributed by atoms with Crippen LogP contribution in [0.2, 0.25) is 0 Å². The molecule has 4 rings (SSSR count). The van der Waals surface area contributed by atoms with E-state index in [2.05, 4.69) is 0 Å². The van der Waals surface area contributed by atoms with Crippen LogP contribution in [0.5, 0.6) is 11.5 Å². The largest absolute Gasteiger partial charge is 0.463 e. The molecule has 0 radical (unpaired) electrons. The normalized spacial score (nSPS) is 28.8. The second-order valence-corrected chi connectivity index (χ2v) is 15.4. The fourth-order valence-corrected chi connectivity index (χ4v) is 7.55. The summed E-state index contributed by atoms with van der Waals surface area (Å²) >= 11 is 0. The Hall–Kier alpha value is -5.48. The number of carbonyl (C=O) groups is 6. The maximum Gasteiger partial charge on any atom is 0.303 e. The van der Waals surface area contributed by atoms with Crippen molar-refractivity contribution in [2.75, 3.05) is 6.61 Å². The van der Waals surface area contributed by atoms with E-state index in [0.717, 1.165) is 37.5 Å². The first-order valence-electron chi connectivity index (χ1n) is 19.7. The Morgan fingerprint density at radius 3 is 1.45 bits per heavy atom. The number of ether oxygens (including phenoxy) is 10. The number of rotatable bonds is 14. The Balaban J connectivity index is 1.59. The minimum Gasteiger partial charge on any atom is -0.463 e. The van der Waals surface area contributed by atoms with Gasteiger partial charge in [-0.2, -0.15) is 0 Å². The summed E-state index contributed by atoms with van der Waals surface area (Å²) in [4.78, 5) is 73.1. The first-order chi connectivity index (χ1) is 28.1. The quantitative estimate of drug-likeness (QED) is 0.127. The van der Waals surface area contributed by atoms with Crippen molar-refractivity contribution in [1.82, 2.24) is 0 Å². The Morgan fingerprint density at radius 2 is 1.05 bits per heavy atom. The molecule has 16 heteroatoms. The van der Waals surface area contributed by atoms with Gasteiger partial charge in [-0.3, -0.25) is 28.8 Å². The number of aryl methyl sites for hydroxylation is 2. The average Bonchev–Trinajstić information content (AvgIpc) is 3.13. The molecule has 2 fully saturated rings. The predicted octanol–water partition coefficient (Wildman–Crippen LogP) is 5.73. The van der Waals surface area contributed by atoms with Gasteiger partial charge in [-0.15, -0.1) is 0 Å². The van der Waals surface area contributed by atoms with Gasteiger partial charge in [0.05, 0.1) is 6.10 Å². The van der Waals surface area contributed by atoms with Gasteiger partial charge in [0.1, 0.15) is 24.2 Å². The lowest BCUT2D eigenvalue weighted by Crippen LogP contribution is -2.70. The fraction of sp³-hybridized carbons (Fsp3) is 0.545. The van der Waals surface area contributed by atoms with E-state index >= 15 is 0 Å². The molecule has 0 aliphatic carbocycles. The molecular formula is C44H56O16. The van der Waals surface area contributed by atoms with E-state index in [9.17, 15) is 28.8 Å². The van der Waals surface area contributed by atoms with E-state index in [0.29, 0.717) is 23.5 Å². The molecule has 10 atom stereocenters. The van der Waals surface area contributed by atoms with Crippen LogP contribution in [0.1, 0.15) is 97.9 Å². The molecule has 2 heterocycles. The lowest BCUT2D eigenvalue weighted by Gasteiger charge is -2.50. The fourth-order valence-electron chi connectivity index (χ4n) is 7.55. The lowest BCUT2D eigenvalue weighted by molar-refractivity contribution is -0.321. The maximum absolute atomic E-state index is 12.4. The van der Waals surface area contributed by atoms with Gasteiger partial charge in [0.25, 0.3) is 0 Å². The molecule has 2 aromatic carbocycles. The van der Waals surface area contributed by atoms with Crippen LogP contribution in [0, 0.1) is 19.8 Å². The van der Waals surface area contributed by atoms with Gasteiger partial charge in [-0.1, -0.05) is 38.1 Å². The average molecular weight is 841 g/mol. The van der Waals surface area contributed by atoms with Gasteiger partial charge in [0, 0.05) is 47.5 Å². The van der Waals surface area contributed by atoms with Gasteiger partial charge >= 0.3 is 35.8 Å². The van der Waals surface area contributed by atoms with Crippen molar-refractivity contribution in [3.05, 3.63) is 58.7 Å². The van der Waals surface area contributed by atoms with Crippen LogP contribution in [0.25, 0.3) is 12.2 Å². The van der Waals surface area contributed by atoms with Crippen LogP contribution in [0.15, 0.2) is 36.4 Å². The summed E-state index contributed by atoms with van der Waals surface area (Å²) in [5, 5.41) is 0. The molecule has 0 amide bonds. The summed E-state index contributed by atoms with van der Waals surface area (Å²) in [5.74, 6) is -3.46. The summed E-state index contributed by atoms with van der Waals surface area (Å²) in [6.45, 7) is 17.4. The Morgan fingerprint density at radius 1 is 0.617 bits per heavy atom. The molecule has 60 heavy (non-hydrogen) atoms. The van der Waals surface area contributed by atoms with Crippen LogP contribution in [0.3, 0.4) is 0 Å². The molecule has 0 N–H and O–H groups in total. The predicted molar refractivity (Wildman–Crippen MR) is 213 cm³/mol. The molecule has 0 saturated carbocycles. The zero-order chi connectivity index (χ0) is 44.7. The van der Waals surface area contributed by atoms with Crippen molar-refractivity contribution in [3.8, 4) is 11.5 Å². The summed E-state index contributed by atoms with van der Waals surface area (Å²) in [5.41, 5.74) is -0.219. The van der Waals surface area contributed by atoms with Gasteiger partial charge < -0.3 is 47.4 Å². The van der Waals surface area contributed by atoms with E-state index in [-0.39, 0.29) is 12.0 Å². The molecule has 0 spiro atoms. The highest BCUT2D eigenvalue weighted by Crippen LogP contribution is 2.42. The monoisotopic (exact) mass is 840 g/mol. The summed E-state index contributed by atoms with van der Waals surface area (Å²) in [6.07, 6.45) is -3.21. The molecule has 2 aromatic rings. The van der Waals surface area contributed by atoms with Crippen molar-refractivity contribution in [2.45, 2.75) is 144 Å². The van der Waals surface area contributed by atoms with Gasteiger partial charge in [-0.25, -0.2) is 0 Å². The molecule has 0 unspecified atom stereocenters. The Kier molecular flexibility index (Phi) is 15.5. The van der Waals surface area contributed by atoms with Gasteiger partial charge in [0.15, 0.2) is 18.3 Å². The van der Waals surface area contributed by atoms with Crippen LogP contribution in [0.4, 0.5) is 0 Å². The van der Waals surface area contributed by atoms with E-state index in [1.165, 1.54) is 27.7 Å². The van der Waals surface area contributed by atoms with Crippen LogP contribution in [-0.2, 0) is 66.7 Å².